The van der Waals surface area contributed by atoms with Crippen molar-refractivity contribution >= 4 is 21.4 Å². The molecular weight excluding hydrogens is 492 g/mol. The molecule has 2 aromatic heterocycles. The Bertz CT molecular complexity index is 1330. The van der Waals surface area contributed by atoms with Crippen LogP contribution in [0.2, 0.25) is 0 Å². The lowest BCUT2D eigenvalue weighted by Crippen LogP contribution is -2.15. The average molecular weight is 509 g/mol. The number of halogens is 6. The van der Waals surface area contributed by atoms with E-state index in [1.807, 2.05) is 0 Å². The molecule has 0 fully saturated rings. The van der Waals surface area contributed by atoms with Crippen molar-refractivity contribution in [1.82, 2.24) is 9.97 Å². The molecular formula is C20H17F6N3O4S. The molecule has 0 spiro atoms. The first-order chi connectivity index (χ1) is 15.6. The van der Waals surface area contributed by atoms with Gasteiger partial charge in [-0.05, 0) is 36.4 Å². The monoisotopic (exact) mass is 509 g/mol. The van der Waals surface area contributed by atoms with Crippen LogP contribution in [0.4, 0.5) is 32.0 Å². The molecule has 0 saturated carbocycles. The van der Waals surface area contributed by atoms with Crippen LogP contribution in [0.15, 0.2) is 59.9 Å². The van der Waals surface area contributed by atoms with E-state index in [1.165, 1.54) is 0 Å². The Kier molecular flexibility index (Phi) is 6.55. The number of benzene rings is 1. The molecule has 1 amide bonds. The molecule has 3 rings (SSSR count). The smallest absolute Gasteiger partial charge is 0.433 e. The highest BCUT2D eigenvalue weighted by Gasteiger charge is 2.33. The highest BCUT2D eigenvalue weighted by Crippen LogP contribution is 2.36. The number of aromatic nitrogens is 2. The van der Waals surface area contributed by atoms with Gasteiger partial charge >= 0.3 is 12.4 Å². The van der Waals surface area contributed by atoms with E-state index in [-0.39, 0.29) is 19.2 Å². The molecule has 3 aromatic rings. The van der Waals surface area contributed by atoms with Crippen LogP contribution in [0.25, 0.3) is 0 Å². The summed E-state index contributed by atoms with van der Waals surface area (Å²) in [6.45, 7) is 0. The first-order valence-corrected chi connectivity index (χ1v) is 10.9. The van der Waals surface area contributed by atoms with Crippen LogP contribution in [0, 0.1) is 0 Å². The maximum Gasteiger partial charge on any atom is 0.433 e. The number of sulfone groups is 1. The minimum atomic E-state index is -4.81. The first-order valence-electron chi connectivity index (χ1n) is 9.03. The van der Waals surface area contributed by atoms with Crippen molar-refractivity contribution in [3.8, 4) is 11.5 Å². The summed E-state index contributed by atoms with van der Waals surface area (Å²) < 4.78 is 106. The third kappa shape index (κ3) is 6.01. The zero-order valence-electron chi connectivity index (χ0n) is 16.9. The molecule has 14 heteroatoms. The summed E-state index contributed by atoms with van der Waals surface area (Å²) in [5, 5.41) is 2.29. The fourth-order valence-corrected chi connectivity index (χ4v) is 3.19. The summed E-state index contributed by atoms with van der Waals surface area (Å²) in [4.78, 5) is 19.3. The van der Waals surface area contributed by atoms with Gasteiger partial charge in [0, 0.05) is 15.3 Å². The summed E-state index contributed by atoms with van der Waals surface area (Å²) in [7, 11) is -3.66. The summed E-state index contributed by atoms with van der Waals surface area (Å²) in [5.74, 6) is -1.97. The molecule has 34 heavy (non-hydrogen) atoms. The number of ether oxygens (including phenoxy) is 1. The number of nitrogens with one attached hydrogen (secondary N) is 1. The molecule has 0 radical (unpaired) electrons. The molecule has 1 aromatic carbocycles. The zero-order valence-corrected chi connectivity index (χ0v) is 17.7. The number of hydrogen-bond acceptors (Lipinski definition) is 6. The van der Waals surface area contributed by atoms with E-state index in [2.05, 4.69) is 15.3 Å². The quantitative estimate of drug-likeness (QED) is 0.459. The summed E-state index contributed by atoms with van der Waals surface area (Å²) in [5.41, 5.74) is -2.92. The topological polar surface area (TPSA) is 98.2 Å². The number of rotatable bonds is 5. The third-order valence-corrected chi connectivity index (χ3v) is 5.29. The molecule has 0 unspecified atom stereocenters. The van der Waals surface area contributed by atoms with Crippen molar-refractivity contribution in [2.24, 2.45) is 0 Å². The predicted molar refractivity (Wildman–Crippen MR) is 110 cm³/mol. The van der Waals surface area contributed by atoms with Crippen molar-refractivity contribution in [3.63, 3.8) is 0 Å². The van der Waals surface area contributed by atoms with E-state index in [0.29, 0.717) is 24.4 Å². The number of carbonyl (C=O) groups excluding carboxylic acids is 1. The molecule has 1 N–H and O–H groups in total. The molecule has 7 nitrogen and oxygen atoms in total. The first kappa shape index (κ1) is 25.0. The summed E-state index contributed by atoms with van der Waals surface area (Å²) in [6.07, 6.45) is -5.85. The Balaban J connectivity index is 0.00000324. The molecule has 0 aliphatic carbocycles. The van der Waals surface area contributed by atoms with E-state index in [1.54, 1.807) is 0 Å². The summed E-state index contributed by atoms with van der Waals surface area (Å²) >= 11 is 0. The minimum Gasteiger partial charge on any atom is -0.455 e. The van der Waals surface area contributed by atoms with Crippen LogP contribution in [-0.4, -0.2) is 30.5 Å². The Hall–Kier alpha value is -3.68. The lowest BCUT2D eigenvalue weighted by Gasteiger charge is -2.15. The second-order valence-corrected chi connectivity index (χ2v) is 8.84. The van der Waals surface area contributed by atoms with Gasteiger partial charge in [0.05, 0.1) is 34.1 Å². The van der Waals surface area contributed by atoms with Crippen LogP contribution in [0.1, 0.15) is 24.5 Å². The highest BCUT2D eigenvalue weighted by molar-refractivity contribution is 7.90. The van der Waals surface area contributed by atoms with Gasteiger partial charge in [0.15, 0.2) is 9.84 Å². The lowest BCUT2D eigenvalue weighted by atomic mass is 10.1. The van der Waals surface area contributed by atoms with Crippen LogP contribution in [0.3, 0.4) is 0 Å². The second kappa shape index (κ2) is 8.93. The number of anilines is 1. The fourth-order valence-electron chi connectivity index (χ4n) is 2.59. The Morgan fingerprint density at radius 2 is 1.68 bits per heavy atom. The standard InChI is InChI=1S/C20H13F6N3O4S.2H2/c1-34(31,32)14-7-12(8-27-10-14)29-18(30)15-4-2-11(19(21,22)23)6-16(15)33-13-3-5-17(28-9-13)20(24,25)26;;/h2-10H,1H3,(H,29,30);2*1H. The molecule has 2 heterocycles. The lowest BCUT2D eigenvalue weighted by molar-refractivity contribution is -0.141. The van der Waals surface area contributed by atoms with Crippen molar-refractivity contribution in [2.75, 3.05) is 11.6 Å². The molecule has 184 valence electrons. The van der Waals surface area contributed by atoms with Gasteiger partial charge in [-0.2, -0.15) is 26.3 Å². The molecule has 0 aliphatic heterocycles. The highest BCUT2D eigenvalue weighted by atomic mass is 32.2. The van der Waals surface area contributed by atoms with Crippen LogP contribution in [0.5, 0.6) is 11.5 Å². The largest absolute Gasteiger partial charge is 0.455 e. The Morgan fingerprint density at radius 3 is 2.24 bits per heavy atom. The molecule has 0 atom stereocenters. The maximum absolute atomic E-state index is 13.2. The van der Waals surface area contributed by atoms with Gasteiger partial charge in [-0.25, -0.2) is 13.4 Å². The number of carbonyl (C=O) groups is 1. The van der Waals surface area contributed by atoms with E-state index in [9.17, 15) is 39.6 Å². The van der Waals surface area contributed by atoms with E-state index in [4.69, 9.17) is 4.74 Å². The van der Waals surface area contributed by atoms with Gasteiger partial charge in [-0.1, -0.05) is 0 Å². The molecule has 0 saturated heterocycles. The maximum atomic E-state index is 13.2. The minimum absolute atomic E-state index is 0. The van der Waals surface area contributed by atoms with Crippen molar-refractivity contribution in [2.45, 2.75) is 17.2 Å². The average Bonchev–Trinajstić information content (AvgIpc) is 2.72. The normalized spacial score (nSPS) is 12.3. The number of pyridine rings is 2. The van der Waals surface area contributed by atoms with Crippen LogP contribution < -0.4 is 10.1 Å². The van der Waals surface area contributed by atoms with Crippen LogP contribution in [-0.2, 0) is 22.2 Å². The Morgan fingerprint density at radius 1 is 0.971 bits per heavy atom. The van der Waals surface area contributed by atoms with Gasteiger partial charge in [-0.15, -0.1) is 0 Å². The number of amides is 1. The van der Waals surface area contributed by atoms with Gasteiger partial charge in [0.1, 0.15) is 17.2 Å². The van der Waals surface area contributed by atoms with E-state index >= 15 is 0 Å². The van der Waals surface area contributed by atoms with Gasteiger partial charge < -0.3 is 10.1 Å². The van der Waals surface area contributed by atoms with E-state index in [0.717, 1.165) is 36.8 Å². The molecule has 0 aliphatic rings. The van der Waals surface area contributed by atoms with Gasteiger partial charge in [0.2, 0.25) is 0 Å². The third-order valence-electron chi connectivity index (χ3n) is 4.21. The van der Waals surface area contributed by atoms with E-state index < -0.39 is 50.7 Å². The number of nitrogens with zero attached hydrogens (tertiary/aromatic N) is 2. The predicted octanol–water partition coefficient (Wildman–Crippen LogP) is 5.45. The molecule has 0 bridgehead atoms. The zero-order chi connectivity index (χ0) is 25.3. The summed E-state index contributed by atoms with van der Waals surface area (Å²) in [6, 6.07) is 4.39. The van der Waals surface area contributed by atoms with Crippen molar-refractivity contribution in [1.29, 1.82) is 0 Å². The number of alkyl halides is 6. The van der Waals surface area contributed by atoms with Crippen molar-refractivity contribution < 1.29 is 47.1 Å². The van der Waals surface area contributed by atoms with Gasteiger partial charge in [0.25, 0.3) is 5.91 Å². The SMILES string of the molecule is CS(=O)(=O)c1cncc(NC(=O)c2ccc(C(F)(F)F)cc2Oc2ccc(C(F)(F)F)nc2)c1.[HH].[HH]. The fraction of sp³-hybridized carbons (Fsp3) is 0.150. The Labute approximate surface area is 191 Å². The second-order valence-electron chi connectivity index (χ2n) is 6.82. The van der Waals surface area contributed by atoms with Crippen molar-refractivity contribution in [3.05, 3.63) is 71.8 Å². The number of hydrogen-bond donors (Lipinski definition) is 1. The van der Waals surface area contributed by atoms with Crippen LogP contribution >= 0.6 is 0 Å². The van der Waals surface area contributed by atoms with Gasteiger partial charge in [-0.3, -0.25) is 9.78 Å².